The van der Waals surface area contributed by atoms with Crippen molar-refractivity contribution in [3.63, 3.8) is 0 Å². The number of aryl methyl sites for hydroxylation is 1. The lowest BCUT2D eigenvalue weighted by atomic mass is 10.1. The largest absolute Gasteiger partial charge is 0.383 e. The second kappa shape index (κ2) is 10.0. The van der Waals surface area contributed by atoms with Crippen molar-refractivity contribution in [1.82, 2.24) is 10.6 Å². The number of aliphatic hydroxyl groups is 1. The Morgan fingerprint density at radius 2 is 2.04 bits per heavy atom. The van der Waals surface area contributed by atoms with Crippen LogP contribution in [0, 0.1) is 6.92 Å². The van der Waals surface area contributed by atoms with Gasteiger partial charge >= 0.3 is 0 Å². The molecule has 1 heterocycles. The Labute approximate surface area is 165 Å². The first kappa shape index (κ1) is 20.9. The molecule has 2 aromatic rings. The minimum absolute atomic E-state index is 0. The van der Waals surface area contributed by atoms with Crippen molar-refractivity contribution in [2.45, 2.75) is 32.9 Å². The summed E-state index contributed by atoms with van der Waals surface area (Å²) in [4.78, 5) is 5.54. The molecule has 24 heavy (non-hydrogen) atoms. The molecule has 1 aromatic carbocycles. The van der Waals surface area contributed by atoms with Crippen LogP contribution in [0.1, 0.15) is 29.9 Å². The Kier molecular flexibility index (Phi) is 8.72. The molecule has 1 unspecified atom stereocenters. The molecule has 2 rings (SSSR count). The van der Waals surface area contributed by atoms with Gasteiger partial charge in [-0.3, -0.25) is 0 Å². The highest BCUT2D eigenvalue weighted by Gasteiger charge is 2.24. The molecule has 4 nitrogen and oxygen atoms in total. The fourth-order valence-electron chi connectivity index (χ4n) is 2.25. The fourth-order valence-corrected chi connectivity index (χ4v) is 3.04. The summed E-state index contributed by atoms with van der Waals surface area (Å²) in [7, 11) is 0. The van der Waals surface area contributed by atoms with Gasteiger partial charge in [0.25, 0.3) is 0 Å². The molecule has 0 aliphatic heterocycles. The standard InChI is InChI=1S/C18H25N3OS.HI/c1-4-19-17(20-12-15-8-5-7-14(2)11-15)21-13-18(3,22)16-9-6-10-23-16;/h5-11,22H,4,12-13H2,1-3H3,(H2,19,20,21);1H. The van der Waals surface area contributed by atoms with Gasteiger partial charge in [-0.2, -0.15) is 0 Å². The summed E-state index contributed by atoms with van der Waals surface area (Å²) in [6.45, 7) is 7.72. The molecule has 0 aliphatic rings. The molecular weight excluding hydrogens is 433 g/mol. The third-order valence-electron chi connectivity index (χ3n) is 3.50. The fraction of sp³-hybridized carbons (Fsp3) is 0.389. The predicted molar refractivity (Wildman–Crippen MR) is 113 cm³/mol. The third-order valence-corrected chi connectivity index (χ3v) is 4.62. The van der Waals surface area contributed by atoms with E-state index in [1.54, 1.807) is 11.3 Å². The van der Waals surface area contributed by atoms with Crippen molar-refractivity contribution < 1.29 is 5.11 Å². The van der Waals surface area contributed by atoms with Crippen molar-refractivity contribution in [3.05, 3.63) is 57.8 Å². The van der Waals surface area contributed by atoms with E-state index in [9.17, 15) is 5.11 Å². The molecule has 0 aliphatic carbocycles. The lowest BCUT2D eigenvalue weighted by molar-refractivity contribution is 0.0655. The molecule has 0 radical (unpaired) electrons. The first-order chi connectivity index (χ1) is 11.0. The molecule has 6 heteroatoms. The molecule has 0 fully saturated rings. The highest BCUT2D eigenvalue weighted by atomic mass is 127. The number of guanidine groups is 1. The quantitative estimate of drug-likeness (QED) is 0.351. The van der Waals surface area contributed by atoms with E-state index in [1.807, 2.05) is 37.4 Å². The minimum Gasteiger partial charge on any atom is -0.383 e. The van der Waals surface area contributed by atoms with Crippen LogP contribution in [-0.4, -0.2) is 24.2 Å². The monoisotopic (exact) mass is 459 g/mol. The average Bonchev–Trinajstić information content (AvgIpc) is 3.05. The lowest BCUT2D eigenvalue weighted by Gasteiger charge is -2.23. The second-order valence-electron chi connectivity index (χ2n) is 5.79. The van der Waals surface area contributed by atoms with Gasteiger partial charge in [0.15, 0.2) is 5.96 Å². The highest BCUT2D eigenvalue weighted by Crippen LogP contribution is 2.24. The molecule has 0 bridgehead atoms. The van der Waals surface area contributed by atoms with Crippen LogP contribution in [0.15, 0.2) is 46.8 Å². The molecule has 0 spiro atoms. The molecule has 132 valence electrons. The van der Waals surface area contributed by atoms with Crippen LogP contribution in [0.4, 0.5) is 0 Å². The zero-order chi connectivity index (χ0) is 16.7. The number of rotatable bonds is 6. The Bertz CT molecular complexity index is 641. The minimum atomic E-state index is -0.909. The van der Waals surface area contributed by atoms with Crippen LogP contribution in [-0.2, 0) is 12.1 Å². The first-order valence-corrected chi connectivity index (χ1v) is 8.73. The predicted octanol–water partition coefficient (Wildman–Crippen LogP) is 3.64. The van der Waals surface area contributed by atoms with E-state index in [-0.39, 0.29) is 24.0 Å². The van der Waals surface area contributed by atoms with Crippen molar-refractivity contribution in [2.75, 3.05) is 13.1 Å². The van der Waals surface area contributed by atoms with Gasteiger partial charge in [-0.25, -0.2) is 4.99 Å². The van der Waals surface area contributed by atoms with E-state index in [2.05, 4.69) is 40.7 Å². The van der Waals surface area contributed by atoms with Crippen LogP contribution in [0.5, 0.6) is 0 Å². The summed E-state index contributed by atoms with van der Waals surface area (Å²) in [6, 6.07) is 12.2. The van der Waals surface area contributed by atoms with Crippen LogP contribution in [0.3, 0.4) is 0 Å². The van der Waals surface area contributed by atoms with Crippen molar-refractivity contribution >= 4 is 41.3 Å². The van der Waals surface area contributed by atoms with Crippen LogP contribution < -0.4 is 10.6 Å². The Balaban J connectivity index is 0.00000288. The maximum atomic E-state index is 10.6. The second-order valence-corrected chi connectivity index (χ2v) is 6.74. The van der Waals surface area contributed by atoms with E-state index in [0.717, 1.165) is 11.4 Å². The number of aliphatic imine (C=N–C) groups is 1. The Hall–Kier alpha value is -1.12. The Morgan fingerprint density at radius 1 is 1.25 bits per heavy atom. The van der Waals surface area contributed by atoms with E-state index in [1.165, 1.54) is 11.1 Å². The summed E-state index contributed by atoms with van der Waals surface area (Å²) < 4.78 is 0. The number of nitrogens with zero attached hydrogens (tertiary/aromatic N) is 1. The zero-order valence-corrected chi connectivity index (χ0v) is 17.5. The SMILES string of the molecule is CCNC(=NCc1cccc(C)c1)NCC(C)(O)c1cccs1.I. The van der Waals surface area contributed by atoms with Gasteiger partial charge in [-0.1, -0.05) is 35.9 Å². The van der Waals surface area contributed by atoms with Crippen molar-refractivity contribution in [3.8, 4) is 0 Å². The van der Waals surface area contributed by atoms with Gasteiger partial charge in [0.1, 0.15) is 5.60 Å². The maximum absolute atomic E-state index is 10.6. The summed E-state index contributed by atoms with van der Waals surface area (Å²) >= 11 is 1.56. The number of nitrogens with one attached hydrogen (secondary N) is 2. The normalized spacial score (nSPS) is 13.8. The van der Waals surface area contributed by atoms with Gasteiger partial charge in [-0.05, 0) is 37.8 Å². The van der Waals surface area contributed by atoms with E-state index in [0.29, 0.717) is 19.0 Å². The molecule has 0 amide bonds. The average molecular weight is 459 g/mol. The van der Waals surface area contributed by atoms with E-state index >= 15 is 0 Å². The van der Waals surface area contributed by atoms with Gasteiger partial charge in [0.2, 0.25) is 0 Å². The van der Waals surface area contributed by atoms with Gasteiger partial charge in [-0.15, -0.1) is 35.3 Å². The highest BCUT2D eigenvalue weighted by molar-refractivity contribution is 14.0. The Morgan fingerprint density at radius 3 is 2.67 bits per heavy atom. The summed E-state index contributed by atoms with van der Waals surface area (Å²) in [5, 5.41) is 19.0. The topological polar surface area (TPSA) is 56.7 Å². The smallest absolute Gasteiger partial charge is 0.191 e. The van der Waals surface area contributed by atoms with Crippen LogP contribution >= 0.6 is 35.3 Å². The molecule has 0 saturated carbocycles. The lowest BCUT2D eigenvalue weighted by Crippen LogP contribution is -2.44. The van der Waals surface area contributed by atoms with E-state index in [4.69, 9.17) is 0 Å². The number of halogens is 1. The summed E-state index contributed by atoms with van der Waals surface area (Å²) in [5.41, 5.74) is 1.50. The van der Waals surface area contributed by atoms with Gasteiger partial charge in [0.05, 0.1) is 13.1 Å². The number of benzene rings is 1. The van der Waals surface area contributed by atoms with Gasteiger partial charge < -0.3 is 15.7 Å². The van der Waals surface area contributed by atoms with E-state index < -0.39 is 5.60 Å². The zero-order valence-electron chi connectivity index (χ0n) is 14.4. The van der Waals surface area contributed by atoms with Crippen molar-refractivity contribution in [2.24, 2.45) is 4.99 Å². The van der Waals surface area contributed by atoms with Crippen LogP contribution in [0.25, 0.3) is 0 Å². The third kappa shape index (κ3) is 6.41. The molecule has 0 saturated heterocycles. The number of thiophene rings is 1. The van der Waals surface area contributed by atoms with Crippen LogP contribution in [0.2, 0.25) is 0 Å². The first-order valence-electron chi connectivity index (χ1n) is 7.85. The summed E-state index contributed by atoms with van der Waals surface area (Å²) in [6.07, 6.45) is 0. The number of hydrogen-bond acceptors (Lipinski definition) is 3. The van der Waals surface area contributed by atoms with Gasteiger partial charge in [0, 0.05) is 11.4 Å². The maximum Gasteiger partial charge on any atom is 0.191 e. The van der Waals surface area contributed by atoms with Crippen molar-refractivity contribution in [1.29, 1.82) is 0 Å². The number of hydrogen-bond donors (Lipinski definition) is 3. The molecular formula is C18H26IN3OS. The molecule has 1 atom stereocenters. The molecule has 3 N–H and O–H groups in total. The summed E-state index contributed by atoms with van der Waals surface area (Å²) in [5.74, 6) is 0.714. The molecule has 1 aromatic heterocycles.